The first kappa shape index (κ1) is 20.5. The fourth-order valence-corrected chi connectivity index (χ4v) is 4.11. The number of ether oxygens (including phenoxy) is 2. The van der Waals surface area contributed by atoms with Crippen LogP contribution in [0.5, 0.6) is 0 Å². The van der Waals surface area contributed by atoms with Gasteiger partial charge in [-0.1, -0.05) is 48.5 Å². The van der Waals surface area contributed by atoms with Gasteiger partial charge in [-0.05, 0) is 23.1 Å². The second-order valence-corrected chi connectivity index (χ2v) is 8.00. The first-order valence-corrected chi connectivity index (χ1v) is 10.3. The quantitative estimate of drug-likeness (QED) is 0.692. The molecule has 0 aromatic heterocycles. The van der Waals surface area contributed by atoms with E-state index < -0.39 is 6.29 Å². The van der Waals surface area contributed by atoms with Crippen LogP contribution in [0, 0.1) is 0 Å². The van der Waals surface area contributed by atoms with Gasteiger partial charge in [0.25, 0.3) is 0 Å². The minimum absolute atomic E-state index is 0.00996. The predicted octanol–water partition coefficient (Wildman–Crippen LogP) is 2.25. The minimum Gasteiger partial charge on any atom is -0.392 e. The van der Waals surface area contributed by atoms with Crippen molar-refractivity contribution < 1.29 is 19.7 Å². The summed E-state index contributed by atoms with van der Waals surface area (Å²) in [4.78, 5) is 2.27. The molecule has 156 valence electrons. The minimum atomic E-state index is -0.449. The van der Waals surface area contributed by atoms with E-state index in [9.17, 15) is 10.2 Å². The SMILES string of the molecule is NCc1ccc([C@@H]2O[C@H](CN3CC[C@H](O)C3)C[C@H](c3ccc(CO)cc3)O2)cc1. The molecule has 0 aliphatic carbocycles. The summed E-state index contributed by atoms with van der Waals surface area (Å²) in [6, 6.07) is 16.0. The van der Waals surface area contributed by atoms with Gasteiger partial charge in [-0.15, -0.1) is 0 Å². The molecule has 0 unspecified atom stereocenters. The third kappa shape index (κ3) is 5.04. The van der Waals surface area contributed by atoms with Crippen molar-refractivity contribution in [3.05, 3.63) is 70.8 Å². The van der Waals surface area contributed by atoms with E-state index in [1.165, 1.54) is 0 Å². The fraction of sp³-hybridized carbons (Fsp3) is 0.478. The highest BCUT2D eigenvalue weighted by Crippen LogP contribution is 2.38. The molecular formula is C23H30N2O4. The Kier molecular flexibility index (Phi) is 6.60. The standard InChI is InChI=1S/C23H30N2O4/c24-12-16-1-7-19(8-2-16)23-28-21(14-25-10-9-20(27)13-25)11-22(29-23)18-5-3-17(15-26)4-6-18/h1-8,20-23,26-27H,9-15,24H2/t20-,21-,22+,23+/m0/s1. The van der Waals surface area contributed by atoms with Gasteiger partial charge >= 0.3 is 0 Å². The van der Waals surface area contributed by atoms with Gasteiger partial charge in [0.15, 0.2) is 6.29 Å². The maximum absolute atomic E-state index is 9.85. The third-order valence-corrected chi connectivity index (χ3v) is 5.81. The van der Waals surface area contributed by atoms with Crippen molar-refractivity contribution in [1.82, 2.24) is 4.90 Å². The number of aliphatic hydroxyl groups excluding tert-OH is 2. The lowest BCUT2D eigenvalue weighted by Crippen LogP contribution is -2.38. The van der Waals surface area contributed by atoms with Crippen LogP contribution < -0.4 is 5.73 Å². The van der Waals surface area contributed by atoms with Crippen LogP contribution >= 0.6 is 0 Å². The highest BCUT2D eigenvalue weighted by Gasteiger charge is 2.34. The Hall–Kier alpha value is -1.80. The smallest absolute Gasteiger partial charge is 0.184 e. The number of likely N-dealkylation sites (tertiary alicyclic amines) is 1. The lowest BCUT2D eigenvalue weighted by molar-refractivity contribution is -0.252. The molecule has 0 saturated carbocycles. The van der Waals surface area contributed by atoms with Crippen molar-refractivity contribution in [3.8, 4) is 0 Å². The molecule has 0 bridgehead atoms. The van der Waals surface area contributed by atoms with E-state index in [1.807, 2.05) is 48.5 Å². The Bertz CT molecular complexity index is 725. The van der Waals surface area contributed by atoms with Gasteiger partial charge in [-0.25, -0.2) is 0 Å². The molecule has 4 rings (SSSR count). The predicted molar refractivity (Wildman–Crippen MR) is 110 cm³/mol. The molecule has 0 radical (unpaired) electrons. The van der Waals surface area contributed by atoms with Crippen molar-refractivity contribution in [1.29, 1.82) is 0 Å². The van der Waals surface area contributed by atoms with Gasteiger partial charge < -0.3 is 25.4 Å². The first-order valence-electron chi connectivity index (χ1n) is 10.3. The Morgan fingerprint density at radius 1 is 0.966 bits per heavy atom. The number of nitrogens with zero attached hydrogens (tertiary/aromatic N) is 1. The van der Waals surface area contributed by atoms with E-state index in [0.29, 0.717) is 13.1 Å². The molecule has 2 aromatic rings. The van der Waals surface area contributed by atoms with E-state index in [-0.39, 0.29) is 24.9 Å². The van der Waals surface area contributed by atoms with E-state index in [0.717, 1.165) is 48.2 Å². The molecule has 2 fully saturated rings. The van der Waals surface area contributed by atoms with Crippen LogP contribution in [0.3, 0.4) is 0 Å². The number of hydrogen-bond donors (Lipinski definition) is 3. The van der Waals surface area contributed by atoms with Crippen LogP contribution in [0.4, 0.5) is 0 Å². The largest absolute Gasteiger partial charge is 0.392 e. The van der Waals surface area contributed by atoms with E-state index in [1.54, 1.807) is 0 Å². The second-order valence-electron chi connectivity index (χ2n) is 8.00. The molecule has 4 N–H and O–H groups in total. The van der Waals surface area contributed by atoms with Crippen molar-refractivity contribution in [2.45, 2.75) is 50.6 Å². The molecule has 2 aromatic carbocycles. The second kappa shape index (κ2) is 9.34. The highest BCUT2D eigenvalue weighted by atomic mass is 16.7. The lowest BCUT2D eigenvalue weighted by atomic mass is 9.99. The summed E-state index contributed by atoms with van der Waals surface area (Å²) in [5, 5.41) is 19.2. The summed E-state index contributed by atoms with van der Waals surface area (Å²) in [5.41, 5.74) is 9.74. The van der Waals surface area contributed by atoms with E-state index >= 15 is 0 Å². The molecule has 2 aliphatic heterocycles. The number of aliphatic hydroxyl groups is 2. The molecular weight excluding hydrogens is 368 g/mol. The Morgan fingerprint density at radius 2 is 1.66 bits per heavy atom. The molecule has 6 nitrogen and oxygen atoms in total. The first-order chi connectivity index (χ1) is 14.1. The zero-order valence-electron chi connectivity index (χ0n) is 16.6. The maximum Gasteiger partial charge on any atom is 0.184 e. The monoisotopic (exact) mass is 398 g/mol. The van der Waals surface area contributed by atoms with Crippen molar-refractivity contribution in [2.24, 2.45) is 5.73 Å². The van der Waals surface area contributed by atoms with Gasteiger partial charge in [0.1, 0.15) is 0 Å². The van der Waals surface area contributed by atoms with Gasteiger partial charge in [-0.2, -0.15) is 0 Å². The summed E-state index contributed by atoms with van der Waals surface area (Å²) >= 11 is 0. The Balaban J connectivity index is 1.53. The summed E-state index contributed by atoms with van der Waals surface area (Å²) in [5.74, 6) is 0. The van der Waals surface area contributed by atoms with Gasteiger partial charge in [-0.3, -0.25) is 4.90 Å². The zero-order chi connectivity index (χ0) is 20.2. The van der Waals surface area contributed by atoms with Gasteiger partial charge in [0.2, 0.25) is 0 Å². The number of nitrogens with two attached hydrogens (primary N) is 1. The zero-order valence-corrected chi connectivity index (χ0v) is 16.6. The molecule has 0 amide bonds. The van der Waals surface area contributed by atoms with Crippen molar-refractivity contribution in [2.75, 3.05) is 19.6 Å². The average Bonchev–Trinajstić information content (AvgIpc) is 3.18. The summed E-state index contributed by atoms with van der Waals surface area (Å²) in [6.45, 7) is 2.92. The normalized spacial score (nSPS) is 28.0. The van der Waals surface area contributed by atoms with Crippen LogP contribution in [0.2, 0.25) is 0 Å². The molecule has 6 heteroatoms. The highest BCUT2D eigenvalue weighted by molar-refractivity contribution is 5.26. The third-order valence-electron chi connectivity index (χ3n) is 5.81. The van der Waals surface area contributed by atoms with Gasteiger partial charge in [0, 0.05) is 38.2 Å². The number of benzene rings is 2. The fourth-order valence-electron chi connectivity index (χ4n) is 4.11. The number of β-amino-alcohol motifs (C(OH)–C–C–N with tert-alkyl or cyclic N) is 1. The molecule has 4 atom stereocenters. The molecule has 0 spiro atoms. The van der Waals surface area contributed by atoms with Crippen LogP contribution in [0.15, 0.2) is 48.5 Å². The van der Waals surface area contributed by atoms with Crippen molar-refractivity contribution in [3.63, 3.8) is 0 Å². The average molecular weight is 399 g/mol. The lowest BCUT2D eigenvalue weighted by Gasteiger charge is -2.37. The molecule has 29 heavy (non-hydrogen) atoms. The van der Waals surface area contributed by atoms with Crippen LogP contribution in [0.25, 0.3) is 0 Å². The van der Waals surface area contributed by atoms with Crippen molar-refractivity contribution >= 4 is 0 Å². The Labute approximate surface area is 171 Å². The van der Waals surface area contributed by atoms with Crippen LogP contribution in [0.1, 0.15) is 47.5 Å². The Morgan fingerprint density at radius 3 is 2.28 bits per heavy atom. The van der Waals surface area contributed by atoms with Crippen LogP contribution in [-0.2, 0) is 22.6 Å². The maximum atomic E-state index is 9.85. The van der Waals surface area contributed by atoms with Crippen LogP contribution in [-0.4, -0.2) is 47.0 Å². The van der Waals surface area contributed by atoms with E-state index in [2.05, 4.69) is 4.90 Å². The summed E-state index contributed by atoms with van der Waals surface area (Å²) in [7, 11) is 0. The number of rotatable bonds is 6. The molecule has 2 aliphatic rings. The molecule has 2 saturated heterocycles. The van der Waals surface area contributed by atoms with Gasteiger partial charge in [0.05, 0.1) is 24.9 Å². The number of hydrogen-bond acceptors (Lipinski definition) is 6. The topological polar surface area (TPSA) is 88.2 Å². The summed E-state index contributed by atoms with van der Waals surface area (Å²) in [6.07, 6.45) is 0.803. The van der Waals surface area contributed by atoms with E-state index in [4.69, 9.17) is 15.2 Å². The molecule has 2 heterocycles. The summed E-state index contributed by atoms with van der Waals surface area (Å²) < 4.78 is 12.7.